The average Bonchev–Trinajstić information content (AvgIpc) is 2.06. The van der Waals surface area contributed by atoms with Gasteiger partial charge in [0, 0.05) is 27.8 Å². The minimum atomic E-state index is -0.112. The van der Waals surface area contributed by atoms with Crippen molar-refractivity contribution in [2.45, 2.75) is 38.6 Å². The van der Waals surface area contributed by atoms with Crippen LogP contribution in [0.5, 0.6) is 0 Å². The molecule has 0 heterocycles. The van der Waals surface area contributed by atoms with Crippen LogP contribution in [0.3, 0.4) is 0 Å². The average molecular weight is 176 g/mol. The van der Waals surface area contributed by atoms with E-state index in [0.717, 1.165) is 12.8 Å². The molecule has 0 aromatic carbocycles. The second-order valence-electron chi connectivity index (χ2n) is 3.40. The Kier molecular flexibility index (Phi) is 5.46. The summed E-state index contributed by atoms with van der Waals surface area (Å²) in [5, 5.41) is 0. The van der Waals surface area contributed by atoms with Gasteiger partial charge in [0.25, 0.3) is 0 Å². The minimum Gasteiger partial charge on any atom is -0.379 e. The van der Waals surface area contributed by atoms with Crippen LogP contribution in [0, 0.1) is 0 Å². The van der Waals surface area contributed by atoms with Crippen LogP contribution in [0.4, 0.5) is 0 Å². The molecule has 74 valence electrons. The first-order chi connectivity index (χ1) is 5.55. The van der Waals surface area contributed by atoms with Crippen molar-refractivity contribution in [2.24, 2.45) is 0 Å². The Morgan fingerprint density at radius 3 is 1.92 bits per heavy atom. The van der Waals surface area contributed by atoms with E-state index in [9.17, 15) is 0 Å². The Hall–Kier alpha value is -0.120. The highest BCUT2D eigenvalue weighted by Gasteiger charge is 2.18. The number of rotatable bonds is 6. The lowest BCUT2D eigenvalue weighted by atomic mass is 10.0. The zero-order valence-corrected chi connectivity index (χ0v) is 8.72. The van der Waals surface area contributed by atoms with E-state index in [2.05, 4.69) is 13.8 Å². The maximum atomic E-state index is 5.27. The van der Waals surface area contributed by atoms with Crippen LogP contribution in [0.25, 0.3) is 0 Å². The van der Waals surface area contributed by atoms with Crippen LogP contribution in [-0.2, 0) is 14.2 Å². The molecule has 0 radical (unpaired) electrons. The molecule has 12 heavy (non-hydrogen) atoms. The van der Waals surface area contributed by atoms with Crippen LogP contribution >= 0.6 is 0 Å². The molecule has 0 aliphatic heterocycles. The molecule has 0 N–H and O–H groups in total. The number of ether oxygens (including phenoxy) is 3. The lowest BCUT2D eigenvalue weighted by molar-refractivity contribution is -0.117. The fraction of sp³-hybridized carbons (Fsp3) is 1.00. The fourth-order valence-electron chi connectivity index (χ4n) is 0.899. The van der Waals surface area contributed by atoms with Gasteiger partial charge in [-0.3, -0.25) is 0 Å². The summed E-state index contributed by atoms with van der Waals surface area (Å²) in [6.07, 6.45) is 1.67. The molecule has 0 rings (SSSR count). The topological polar surface area (TPSA) is 27.7 Å². The summed E-state index contributed by atoms with van der Waals surface area (Å²) in [6.45, 7) is 4.10. The molecule has 0 aromatic heterocycles. The van der Waals surface area contributed by atoms with Gasteiger partial charge in [-0.15, -0.1) is 0 Å². The van der Waals surface area contributed by atoms with E-state index < -0.39 is 0 Å². The second-order valence-corrected chi connectivity index (χ2v) is 3.40. The van der Waals surface area contributed by atoms with E-state index in [1.54, 1.807) is 21.3 Å². The van der Waals surface area contributed by atoms with Crippen LogP contribution in [-0.4, -0.2) is 33.2 Å². The number of methoxy groups -OCH3 is 3. The molecule has 0 atom stereocenters. The van der Waals surface area contributed by atoms with Gasteiger partial charge in [0.05, 0.1) is 5.60 Å². The summed E-state index contributed by atoms with van der Waals surface area (Å²) in [7, 11) is 5.01. The van der Waals surface area contributed by atoms with Gasteiger partial charge in [-0.1, -0.05) is 0 Å². The first-order valence-electron chi connectivity index (χ1n) is 4.16. The highest BCUT2D eigenvalue weighted by atomic mass is 16.7. The van der Waals surface area contributed by atoms with Gasteiger partial charge in [-0.2, -0.15) is 0 Å². The maximum absolute atomic E-state index is 5.27. The van der Waals surface area contributed by atoms with Gasteiger partial charge >= 0.3 is 0 Å². The Balaban J connectivity index is 3.65. The fourth-order valence-corrected chi connectivity index (χ4v) is 0.899. The largest absolute Gasteiger partial charge is 0.379 e. The predicted molar refractivity (Wildman–Crippen MR) is 48.1 cm³/mol. The van der Waals surface area contributed by atoms with E-state index >= 15 is 0 Å². The monoisotopic (exact) mass is 176 g/mol. The van der Waals surface area contributed by atoms with E-state index in [0.29, 0.717) is 0 Å². The lowest BCUT2D eigenvalue weighted by Crippen LogP contribution is -2.25. The quantitative estimate of drug-likeness (QED) is 0.578. The molecule has 0 unspecified atom stereocenters. The van der Waals surface area contributed by atoms with E-state index in [1.807, 2.05) is 0 Å². The van der Waals surface area contributed by atoms with Crippen molar-refractivity contribution in [2.75, 3.05) is 21.3 Å². The standard InChI is InChI=1S/C9H20O3/c1-9(2,12-5)7-6-8(10-3)11-4/h8H,6-7H2,1-5H3. The third-order valence-corrected chi connectivity index (χ3v) is 2.06. The first-order valence-corrected chi connectivity index (χ1v) is 4.16. The van der Waals surface area contributed by atoms with Gasteiger partial charge in [-0.05, 0) is 20.3 Å². The number of hydrogen-bond donors (Lipinski definition) is 0. The van der Waals surface area contributed by atoms with Crippen LogP contribution in [0.2, 0.25) is 0 Å². The summed E-state index contributed by atoms with van der Waals surface area (Å²) in [6, 6.07) is 0. The van der Waals surface area contributed by atoms with Gasteiger partial charge in [0.15, 0.2) is 6.29 Å². The molecule has 0 fully saturated rings. The summed E-state index contributed by atoms with van der Waals surface area (Å²) in [5.74, 6) is 0. The molecule has 0 amide bonds. The molecule has 0 saturated heterocycles. The Labute approximate surface area is 75.0 Å². The van der Waals surface area contributed by atoms with E-state index in [4.69, 9.17) is 14.2 Å². The van der Waals surface area contributed by atoms with Crippen molar-refractivity contribution < 1.29 is 14.2 Å². The molecule has 3 heteroatoms. The van der Waals surface area contributed by atoms with Crippen LogP contribution in [0.1, 0.15) is 26.7 Å². The zero-order chi connectivity index (χ0) is 9.61. The smallest absolute Gasteiger partial charge is 0.156 e. The zero-order valence-electron chi connectivity index (χ0n) is 8.72. The molecule has 0 spiro atoms. The Morgan fingerprint density at radius 1 is 1.08 bits per heavy atom. The molecule has 0 aromatic rings. The molecule has 3 nitrogen and oxygen atoms in total. The third-order valence-electron chi connectivity index (χ3n) is 2.06. The predicted octanol–water partition coefficient (Wildman–Crippen LogP) is 1.81. The van der Waals surface area contributed by atoms with Crippen molar-refractivity contribution in [3.8, 4) is 0 Å². The molecular weight excluding hydrogens is 156 g/mol. The van der Waals surface area contributed by atoms with Crippen LogP contribution < -0.4 is 0 Å². The van der Waals surface area contributed by atoms with Crippen molar-refractivity contribution >= 4 is 0 Å². The Bertz CT molecular complexity index is 108. The first kappa shape index (κ1) is 11.9. The van der Waals surface area contributed by atoms with Gasteiger partial charge < -0.3 is 14.2 Å². The Morgan fingerprint density at radius 2 is 1.58 bits per heavy atom. The summed E-state index contributed by atoms with van der Waals surface area (Å²) in [5.41, 5.74) is -0.0880. The van der Waals surface area contributed by atoms with Crippen molar-refractivity contribution in [1.82, 2.24) is 0 Å². The highest BCUT2D eigenvalue weighted by Crippen LogP contribution is 2.17. The lowest BCUT2D eigenvalue weighted by Gasteiger charge is -2.24. The maximum Gasteiger partial charge on any atom is 0.156 e. The highest BCUT2D eigenvalue weighted by molar-refractivity contribution is 4.68. The van der Waals surface area contributed by atoms with Crippen molar-refractivity contribution in [1.29, 1.82) is 0 Å². The van der Waals surface area contributed by atoms with Gasteiger partial charge in [0.1, 0.15) is 0 Å². The second kappa shape index (κ2) is 5.51. The SMILES string of the molecule is COC(CCC(C)(C)OC)OC. The molecule has 0 bridgehead atoms. The molecule has 0 aliphatic rings. The summed E-state index contributed by atoms with van der Waals surface area (Å²) in [4.78, 5) is 0. The normalized spacial score (nSPS) is 12.5. The van der Waals surface area contributed by atoms with Gasteiger partial charge in [0.2, 0.25) is 0 Å². The van der Waals surface area contributed by atoms with E-state index in [-0.39, 0.29) is 11.9 Å². The summed E-state index contributed by atoms with van der Waals surface area (Å²) >= 11 is 0. The summed E-state index contributed by atoms with van der Waals surface area (Å²) < 4.78 is 15.4. The third kappa shape index (κ3) is 4.70. The minimum absolute atomic E-state index is 0.0880. The van der Waals surface area contributed by atoms with Crippen LogP contribution in [0.15, 0.2) is 0 Å². The van der Waals surface area contributed by atoms with E-state index in [1.165, 1.54) is 0 Å². The molecular formula is C9H20O3. The van der Waals surface area contributed by atoms with Crippen molar-refractivity contribution in [3.63, 3.8) is 0 Å². The number of hydrogen-bond acceptors (Lipinski definition) is 3. The van der Waals surface area contributed by atoms with Crippen molar-refractivity contribution in [3.05, 3.63) is 0 Å². The molecule has 0 saturated carbocycles. The van der Waals surface area contributed by atoms with Gasteiger partial charge in [-0.25, -0.2) is 0 Å². The molecule has 0 aliphatic carbocycles.